The van der Waals surface area contributed by atoms with E-state index in [-0.39, 0.29) is 11.9 Å². The van der Waals surface area contributed by atoms with Crippen molar-refractivity contribution in [2.45, 2.75) is 0 Å². The molecule has 96 valence electrons. The monoisotopic (exact) mass is 273 g/mol. The van der Waals surface area contributed by atoms with Crippen LogP contribution >= 0.6 is 11.8 Å². The van der Waals surface area contributed by atoms with Gasteiger partial charge in [0.15, 0.2) is 0 Å². The van der Waals surface area contributed by atoms with Crippen LogP contribution in [-0.2, 0) is 0 Å². The number of halogens is 1. The SMILES string of the molecule is O=C(N/C(=N/Cl)Nc1ccccc1)c1ccccc1. The van der Waals surface area contributed by atoms with Gasteiger partial charge in [-0.2, -0.15) is 0 Å². The van der Waals surface area contributed by atoms with Crippen molar-refractivity contribution in [1.82, 2.24) is 5.32 Å². The average molecular weight is 274 g/mol. The number of carbonyl (C=O) groups excluding carboxylic acids is 1. The Hall–Kier alpha value is -2.33. The molecule has 0 aliphatic heterocycles. The quantitative estimate of drug-likeness (QED) is 0.653. The van der Waals surface area contributed by atoms with Crippen molar-refractivity contribution in [3.63, 3.8) is 0 Å². The van der Waals surface area contributed by atoms with Crippen LogP contribution in [0.2, 0.25) is 0 Å². The number of rotatable bonds is 2. The van der Waals surface area contributed by atoms with Gasteiger partial charge in [-0.05, 0) is 24.3 Å². The highest BCUT2D eigenvalue weighted by molar-refractivity contribution is 6.23. The van der Waals surface area contributed by atoms with Crippen molar-refractivity contribution >= 4 is 29.3 Å². The second kappa shape index (κ2) is 6.56. The van der Waals surface area contributed by atoms with E-state index in [1.54, 1.807) is 24.3 Å². The van der Waals surface area contributed by atoms with Crippen LogP contribution in [0.25, 0.3) is 0 Å². The Bertz CT molecular complexity index is 570. The molecule has 0 aliphatic carbocycles. The number of nitrogens with zero attached hydrogens (tertiary/aromatic N) is 1. The number of hydrogen-bond acceptors (Lipinski definition) is 2. The first-order chi connectivity index (χ1) is 9.29. The van der Waals surface area contributed by atoms with E-state index in [2.05, 4.69) is 15.1 Å². The number of carbonyl (C=O) groups is 1. The van der Waals surface area contributed by atoms with E-state index in [9.17, 15) is 4.79 Å². The summed E-state index contributed by atoms with van der Waals surface area (Å²) in [5, 5.41) is 5.51. The maximum atomic E-state index is 11.9. The summed E-state index contributed by atoms with van der Waals surface area (Å²) in [5.41, 5.74) is 1.32. The van der Waals surface area contributed by atoms with Gasteiger partial charge in [0.05, 0.1) is 0 Å². The van der Waals surface area contributed by atoms with Crippen molar-refractivity contribution in [1.29, 1.82) is 0 Å². The molecule has 0 saturated heterocycles. The lowest BCUT2D eigenvalue weighted by Crippen LogP contribution is -2.35. The Labute approximate surface area is 116 Å². The molecule has 1 amide bonds. The second-order valence-corrected chi connectivity index (χ2v) is 3.91. The van der Waals surface area contributed by atoms with E-state index in [1.165, 1.54) is 0 Å². The molecule has 0 bridgehead atoms. The van der Waals surface area contributed by atoms with Crippen molar-refractivity contribution < 1.29 is 4.79 Å². The zero-order chi connectivity index (χ0) is 13.5. The van der Waals surface area contributed by atoms with Crippen LogP contribution in [-0.4, -0.2) is 11.9 Å². The summed E-state index contributed by atoms with van der Waals surface area (Å²) in [6, 6.07) is 18.2. The van der Waals surface area contributed by atoms with Gasteiger partial charge >= 0.3 is 0 Å². The molecule has 2 rings (SSSR count). The molecule has 0 fully saturated rings. The molecule has 0 heterocycles. The van der Waals surface area contributed by atoms with Gasteiger partial charge in [-0.1, -0.05) is 36.4 Å². The van der Waals surface area contributed by atoms with Gasteiger partial charge < -0.3 is 5.32 Å². The average Bonchev–Trinajstić information content (AvgIpc) is 2.48. The van der Waals surface area contributed by atoms with Gasteiger partial charge in [-0.3, -0.25) is 10.1 Å². The summed E-state index contributed by atoms with van der Waals surface area (Å²) in [4.78, 5) is 11.9. The molecular weight excluding hydrogens is 262 g/mol. The van der Waals surface area contributed by atoms with Crippen LogP contribution in [0.15, 0.2) is 65.2 Å². The molecule has 0 spiro atoms. The lowest BCUT2D eigenvalue weighted by atomic mass is 10.2. The molecule has 19 heavy (non-hydrogen) atoms. The predicted octanol–water partition coefficient (Wildman–Crippen LogP) is 3.04. The fourth-order valence-corrected chi connectivity index (χ4v) is 1.59. The Morgan fingerprint density at radius 2 is 1.53 bits per heavy atom. The molecule has 4 nitrogen and oxygen atoms in total. The fraction of sp³-hybridized carbons (Fsp3) is 0. The molecule has 2 aromatic rings. The molecule has 0 saturated carbocycles. The largest absolute Gasteiger partial charge is 0.325 e. The summed E-state index contributed by atoms with van der Waals surface area (Å²) < 4.78 is 3.49. The van der Waals surface area contributed by atoms with Crippen molar-refractivity contribution in [2.75, 3.05) is 5.32 Å². The zero-order valence-electron chi connectivity index (χ0n) is 10.0. The summed E-state index contributed by atoms with van der Waals surface area (Å²) in [6.07, 6.45) is 0. The maximum absolute atomic E-state index is 11.9. The highest BCUT2D eigenvalue weighted by atomic mass is 35.5. The van der Waals surface area contributed by atoms with Crippen molar-refractivity contribution in [3.8, 4) is 0 Å². The zero-order valence-corrected chi connectivity index (χ0v) is 10.8. The van der Waals surface area contributed by atoms with E-state index in [0.717, 1.165) is 5.69 Å². The van der Waals surface area contributed by atoms with Crippen LogP contribution in [0.1, 0.15) is 10.4 Å². The van der Waals surface area contributed by atoms with Crippen LogP contribution in [0, 0.1) is 0 Å². The fourth-order valence-electron chi connectivity index (χ4n) is 1.50. The first-order valence-corrected chi connectivity index (χ1v) is 6.01. The lowest BCUT2D eigenvalue weighted by Gasteiger charge is -2.09. The maximum Gasteiger partial charge on any atom is 0.257 e. The van der Waals surface area contributed by atoms with Gasteiger partial charge in [-0.15, -0.1) is 4.51 Å². The molecule has 0 atom stereocenters. The Kier molecular flexibility index (Phi) is 4.53. The van der Waals surface area contributed by atoms with Gasteiger partial charge in [0.25, 0.3) is 5.91 Å². The molecule has 0 aliphatic rings. The summed E-state index contributed by atoms with van der Waals surface area (Å²) in [7, 11) is 0. The van der Waals surface area contributed by atoms with Crippen molar-refractivity contribution in [2.24, 2.45) is 4.51 Å². The minimum absolute atomic E-state index is 0.182. The molecular formula is C14H12ClN3O. The van der Waals surface area contributed by atoms with Gasteiger partial charge in [0, 0.05) is 23.0 Å². The minimum Gasteiger partial charge on any atom is -0.325 e. The van der Waals surface area contributed by atoms with E-state index in [1.807, 2.05) is 36.4 Å². The first-order valence-electron chi connectivity index (χ1n) is 5.67. The standard InChI is InChI=1S/C14H12ClN3O/c15-18-14(16-12-9-5-2-6-10-12)17-13(19)11-7-3-1-4-8-11/h1-10H,(H2,16,17,18,19). The topological polar surface area (TPSA) is 53.5 Å². The minimum atomic E-state index is -0.275. The number of amides is 1. The van der Waals surface area contributed by atoms with Crippen LogP contribution in [0.3, 0.4) is 0 Å². The van der Waals surface area contributed by atoms with Crippen LogP contribution < -0.4 is 10.6 Å². The number of benzene rings is 2. The third-order valence-corrected chi connectivity index (χ3v) is 2.56. The van der Waals surface area contributed by atoms with E-state index < -0.39 is 0 Å². The number of anilines is 1. The lowest BCUT2D eigenvalue weighted by molar-refractivity contribution is 0.0977. The first kappa shape index (κ1) is 13.1. The van der Waals surface area contributed by atoms with Gasteiger partial charge in [-0.25, -0.2) is 0 Å². The Balaban J connectivity index is 2.03. The number of nitrogens with one attached hydrogen (secondary N) is 2. The van der Waals surface area contributed by atoms with Crippen LogP contribution in [0.4, 0.5) is 5.69 Å². The summed E-state index contributed by atoms with van der Waals surface area (Å²) in [6.45, 7) is 0. The molecule has 5 heteroatoms. The highest BCUT2D eigenvalue weighted by Crippen LogP contribution is 2.05. The molecule has 2 N–H and O–H groups in total. The molecule has 0 unspecified atom stereocenters. The summed E-state index contributed by atoms with van der Waals surface area (Å²) in [5.74, 6) is -0.0925. The van der Waals surface area contributed by atoms with E-state index in [0.29, 0.717) is 5.56 Å². The van der Waals surface area contributed by atoms with Crippen molar-refractivity contribution in [3.05, 3.63) is 66.2 Å². The smallest absolute Gasteiger partial charge is 0.257 e. The number of para-hydroxylation sites is 1. The third kappa shape index (κ3) is 3.82. The Morgan fingerprint density at radius 1 is 0.947 bits per heavy atom. The number of hydrogen-bond donors (Lipinski definition) is 2. The summed E-state index contributed by atoms with van der Waals surface area (Å²) >= 11 is 5.46. The van der Waals surface area contributed by atoms with Gasteiger partial charge in [0.1, 0.15) is 0 Å². The van der Waals surface area contributed by atoms with E-state index >= 15 is 0 Å². The molecule has 2 aromatic carbocycles. The van der Waals surface area contributed by atoms with Crippen LogP contribution in [0.5, 0.6) is 0 Å². The third-order valence-electron chi connectivity index (χ3n) is 2.39. The normalized spacial score (nSPS) is 10.9. The number of guanidine groups is 1. The Morgan fingerprint density at radius 3 is 2.11 bits per heavy atom. The molecule has 0 aromatic heterocycles. The molecule has 0 radical (unpaired) electrons. The highest BCUT2D eigenvalue weighted by Gasteiger charge is 2.08. The van der Waals surface area contributed by atoms with Gasteiger partial charge in [0.2, 0.25) is 5.96 Å². The predicted molar refractivity (Wildman–Crippen MR) is 77.3 cm³/mol. The van der Waals surface area contributed by atoms with E-state index in [4.69, 9.17) is 11.8 Å². The second-order valence-electron chi connectivity index (χ2n) is 3.74.